The van der Waals surface area contributed by atoms with E-state index in [1.807, 2.05) is 44.7 Å². The Balaban J connectivity index is 1.82. The summed E-state index contributed by atoms with van der Waals surface area (Å²) in [4.78, 5) is 15.4. The summed E-state index contributed by atoms with van der Waals surface area (Å²) in [6.45, 7) is 10.5. The monoisotopic (exact) mass is 405 g/mol. The smallest absolute Gasteiger partial charge is 0.254 e. The van der Waals surface area contributed by atoms with Gasteiger partial charge in [-0.1, -0.05) is 0 Å². The fraction of sp³-hybridized carbons (Fsp3) is 0.682. The molecule has 1 aromatic carbocycles. The Labute approximate surface area is 172 Å². The van der Waals surface area contributed by atoms with E-state index in [0.29, 0.717) is 43.4 Å². The summed E-state index contributed by atoms with van der Waals surface area (Å²) in [5, 5.41) is 0. The molecule has 0 bridgehead atoms. The van der Waals surface area contributed by atoms with E-state index in [2.05, 4.69) is 0 Å². The summed E-state index contributed by atoms with van der Waals surface area (Å²) < 4.78 is 29.6. The molecule has 1 aromatic rings. The molecule has 0 N–H and O–H groups in total. The summed E-state index contributed by atoms with van der Waals surface area (Å²) in [6.07, 6.45) is 0.211. The number of hydrogen-bond acceptors (Lipinski definition) is 6. The zero-order chi connectivity index (χ0) is 20.5. The predicted octanol–water partition coefficient (Wildman–Crippen LogP) is 2.96. The maximum absolute atomic E-state index is 13.4. The molecule has 0 radical (unpaired) electrons. The maximum Gasteiger partial charge on any atom is 0.254 e. The van der Waals surface area contributed by atoms with Crippen LogP contribution in [0.5, 0.6) is 11.5 Å². The number of carbonyl (C=O) groups excluding carboxylic acids is 1. The molecule has 7 nitrogen and oxygen atoms in total. The van der Waals surface area contributed by atoms with Crippen molar-refractivity contribution < 1.29 is 28.5 Å². The van der Waals surface area contributed by atoms with Gasteiger partial charge in [-0.05, 0) is 51.8 Å². The van der Waals surface area contributed by atoms with Gasteiger partial charge in [-0.2, -0.15) is 0 Å². The number of hydrogen-bond donors (Lipinski definition) is 0. The third-order valence-corrected chi connectivity index (χ3v) is 6.16. The molecule has 1 amide bonds. The Kier molecular flexibility index (Phi) is 5.99. The second-order valence-electron chi connectivity index (χ2n) is 7.55. The van der Waals surface area contributed by atoms with Crippen LogP contribution in [0.3, 0.4) is 0 Å². The van der Waals surface area contributed by atoms with Gasteiger partial charge >= 0.3 is 0 Å². The SMILES string of the molecule is CCO[C@@H]1[C@H](OCC)[C@@H](OCC)C[C@@H]2c3cc4c(cc3C(=O)N(CC)[C@@H]12)OCO4. The van der Waals surface area contributed by atoms with Gasteiger partial charge in [0.1, 0.15) is 12.2 Å². The number of rotatable bonds is 7. The second-order valence-corrected chi connectivity index (χ2v) is 7.55. The quantitative estimate of drug-likeness (QED) is 0.695. The van der Waals surface area contributed by atoms with Crippen molar-refractivity contribution >= 4 is 5.91 Å². The van der Waals surface area contributed by atoms with Crippen molar-refractivity contribution in [2.75, 3.05) is 33.2 Å². The third kappa shape index (κ3) is 3.39. The first-order valence-electron chi connectivity index (χ1n) is 10.7. The van der Waals surface area contributed by atoms with Crippen LogP contribution in [0.2, 0.25) is 0 Å². The highest BCUT2D eigenvalue weighted by atomic mass is 16.7. The molecule has 2 aliphatic heterocycles. The standard InChI is InChI=1S/C22H31NO6/c1-5-23-19-14(10-18(25-6-2)20(26-7-3)21(19)27-8-4)13-9-16-17(29-12-28-16)11-15(13)22(23)24/h9,11,14,18-21H,5-8,10,12H2,1-4H3/t14-,18+,19-,20-,21+/m1/s1. The van der Waals surface area contributed by atoms with E-state index < -0.39 is 0 Å². The van der Waals surface area contributed by atoms with Gasteiger partial charge in [-0.3, -0.25) is 4.79 Å². The average Bonchev–Trinajstić information content (AvgIpc) is 3.18. The maximum atomic E-state index is 13.4. The first kappa shape index (κ1) is 20.4. The highest BCUT2D eigenvalue weighted by Crippen LogP contribution is 2.48. The zero-order valence-corrected chi connectivity index (χ0v) is 17.7. The van der Waals surface area contributed by atoms with Crippen LogP contribution in [-0.2, 0) is 14.2 Å². The topological polar surface area (TPSA) is 66.5 Å². The van der Waals surface area contributed by atoms with E-state index in [4.69, 9.17) is 23.7 Å². The van der Waals surface area contributed by atoms with Gasteiger partial charge in [0, 0.05) is 37.8 Å². The Bertz CT molecular complexity index is 753. The zero-order valence-electron chi connectivity index (χ0n) is 17.7. The molecule has 1 saturated carbocycles. The van der Waals surface area contributed by atoms with Crippen molar-refractivity contribution in [3.05, 3.63) is 23.3 Å². The molecule has 0 saturated heterocycles. The Morgan fingerprint density at radius 3 is 2.28 bits per heavy atom. The van der Waals surface area contributed by atoms with Crippen LogP contribution in [0.25, 0.3) is 0 Å². The highest BCUT2D eigenvalue weighted by Gasteiger charge is 2.53. The molecule has 160 valence electrons. The number of fused-ring (bicyclic) bond motifs is 4. The van der Waals surface area contributed by atoms with E-state index in [-0.39, 0.29) is 43.0 Å². The lowest BCUT2D eigenvalue weighted by atomic mass is 9.70. The summed E-state index contributed by atoms with van der Waals surface area (Å²) in [6, 6.07) is 3.71. The van der Waals surface area contributed by atoms with Crippen molar-refractivity contribution in [2.45, 2.75) is 64.4 Å². The Hall–Kier alpha value is -1.83. The summed E-state index contributed by atoms with van der Waals surface area (Å²) in [5.74, 6) is 1.43. The van der Waals surface area contributed by atoms with Gasteiger partial charge in [0.2, 0.25) is 6.79 Å². The fourth-order valence-electron chi connectivity index (χ4n) is 5.12. The number of ether oxygens (including phenoxy) is 5. The predicted molar refractivity (Wildman–Crippen MR) is 107 cm³/mol. The van der Waals surface area contributed by atoms with Crippen molar-refractivity contribution in [2.24, 2.45) is 0 Å². The first-order chi connectivity index (χ1) is 14.1. The lowest BCUT2D eigenvalue weighted by molar-refractivity contribution is -0.179. The summed E-state index contributed by atoms with van der Waals surface area (Å²) in [7, 11) is 0. The number of likely N-dealkylation sites (N-methyl/N-ethyl adjacent to an activating group) is 1. The molecule has 29 heavy (non-hydrogen) atoms. The van der Waals surface area contributed by atoms with Gasteiger partial charge in [-0.15, -0.1) is 0 Å². The molecule has 2 heterocycles. The van der Waals surface area contributed by atoms with Crippen molar-refractivity contribution in [1.29, 1.82) is 0 Å². The van der Waals surface area contributed by atoms with Crippen molar-refractivity contribution in [3.8, 4) is 11.5 Å². The van der Waals surface area contributed by atoms with Gasteiger partial charge in [0.25, 0.3) is 5.91 Å². The van der Waals surface area contributed by atoms with Crippen molar-refractivity contribution in [3.63, 3.8) is 0 Å². The van der Waals surface area contributed by atoms with E-state index in [1.165, 1.54) is 0 Å². The van der Waals surface area contributed by atoms with Crippen LogP contribution in [0, 0.1) is 0 Å². The van der Waals surface area contributed by atoms with Gasteiger partial charge in [0.15, 0.2) is 11.5 Å². The van der Waals surface area contributed by atoms with Gasteiger partial charge in [-0.25, -0.2) is 0 Å². The minimum absolute atomic E-state index is 0.0110. The van der Waals surface area contributed by atoms with Crippen molar-refractivity contribution in [1.82, 2.24) is 4.90 Å². The van der Waals surface area contributed by atoms with E-state index in [1.54, 1.807) is 0 Å². The minimum Gasteiger partial charge on any atom is -0.454 e. The number of carbonyl (C=O) groups is 1. The number of amides is 1. The van der Waals surface area contributed by atoms with Gasteiger partial charge in [0.05, 0.1) is 12.1 Å². The molecular formula is C22H31NO6. The molecule has 0 spiro atoms. The lowest BCUT2D eigenvalue weighted by Gasteiger charge is -2.52. The second kappa shape index (κ2) is 8.50. The highest BCUT2D eigenvalue weighted by molar-refractivity contribution is 5.98. The minimum atomic E-state index is -0.252. The number of benzene rings is 1. The molecule has 0 unspecified atom stereocenters. The third-order valence-electron chi connectivity index (χ3n) is 6.16. The largest absolute Gasteiger partial charge is 0.454 e. The lowest BCUT2D eigenvalue weighted by Crippen LogP contribution is -2.64. The molecule has 0 aromatic heterocycles. The van der Waals surface area contributed by atoms with E-state index in [0.717, 1.165) is 12.0 Å². The molecule has 1 fully saturated rings. The normalized spacial score (nSPS) is 30.3. The molecular weight excluding hydrogens is 374 g/mol. The van der Waals surface area contributed by atoms with Crippen LogP contribution in [0.1, 0.15) is 56.0 Å². The summed E-state index contributed by atoms with van der Waals surface area (Å²) >= 11 is 0. The fourth-order valence-corrected chi connectivity index (χ4v) is 5.12. The molecule has 5 atom stereocenters. The first-order valence-corrected chi connectivity index (χ1v) is 10.7. The molecule has 7 heteroatoms. The van der Waals surface area contributed by atoms with Crippen LogP contribution >= 0.6 is 0 Å². The molecule has 4 rings (SSSR count). The van der Waals surface area contributed by atoms with Crippen LogP contribution in [-0.4, -0.2) is 68.3 Å². The average molecular weight is 405 g/mol. The number of nitrogens with zero attached hydrogens (tertiary/aromatic N) is 1. The van der Waals surface area contributed by atoms with E-state index in [9.17, 15) is 4.79 Å². The van der Waals surface area contributed by atoms with Gasteiger partial charge < -0.3 is 28.6 Å². The molecule has 3 aliphatic rings. The van der Waals surface area contributed by atoms with Crippen LogP contribution < -0.4 is 9.47 Å². The Morgan fingerprint density at radius 1 is 0.966 bits per heavy atom. The summed E-state index contributed by atoms with van der Waals surface area (Å²) in [5.41, 5.74) is 1.69. The van der Waals surface area contributed by atoms with Crippen LogP contribution in [0.15, 0.2) is 12.1 Å². The van der Waals surface area contributed by atoms with Crippen LogP contribution in [0.4, 0.5) is 0 Å². The molecule has 1 aliphatic carbocycles. The Morgan fingerprint density at radius 2 is 1.62 bits per heavy atom. The van der Waals surface area contributed by atoms with E-state index >= 15 is 0 Å².